The van der Waals surface area contributed by atoms with Crippen LogP contribution >= 0.6 is 0 Å². The molecule has 0 aliphatic heterocycles. The second kappa shape index (κ2) is 8.50. The molecular formula is C23H17NO3. The monoisotopic (exact) mass is 355 g/mol. The van der Waals surface area contributed by atoms with E-state index in [1.807, 2.05) is 66.7 Å². The van der Waals surface area contributed by atoms with Crippen molar-refractivity contribution in [3.8, 4) is 11.8 Å². The smallest absolute Gasteiger partial charge is 0.335 e. The summed E-state index contributed by atoms with van der Waals surface area (Å²) in [4.78, 5) is 11.0. The lowest BCUT2D eigenvalue weighted by Crippen LogP contribution is -2.00. The molecule has 27 heavy (non-hydrogen) atoms. The van der Waals surface area contributed by atoms with Gasteiger partial charge in [0.15, 0.2) is 0 Å². The van der Waals surface area contributed by atoms with E-state index < -0.39 is 5.97 Å². The van der Waals surface area contributed by atoms with E-state index in [-0.39, 0.29) is 12.2 Å². The first-order chi connectivity index (χ1) is 13.2. The first kappa shape index (κ1) is 18.0. The molecule has 132 valence electrons. The van der Waals surface area contributed by atoms with Crippen LogP contribution in [0.1, 0.15) is 27.0 Å². The van der Waals surface area contributed by atoms with E-state index >= 15 is 0 Å². The standard InChI is InChI=1S/C23H17NO3/c24-15-21(19-6-2-1-3-7-19)13-17-9-11-22(12-10-17)27-16-18-5-4-8-20(14-18)23(25)26/h1-14H,16H2,(H,25,26)/b21-13-. The summed E-state index contributed by atoms with van der Waals surface area (Å²) in [5, 5.41) is 18.4. The highest BCUT2D eigenvalue weighted by Crippen LogP contribution is 2.20. The number of hydrogen-bond donors (Lipinski definition) is 1. The lowest BCUT2D eigenvalue weighted by Gasteiger charge is -2.07. The van der Waals surface area contributed by atoms with Crippen LogP contribution in [0, 0.1) is 11.3 Å². The molecule has 0 saturated carbocycles. The van der Waals surface area contributed by atoms with Crippen molar-refractivity contribution in [2.45, 2.75) is 6.61 Å². The molecule has 0 saturated heterocycles. The third kappa shape index (κ3) is 4.83. The Labute approximate surface area is 157 Å². The van der Waals surface area contributed by atoms with E-state index in [1.54, 1.807) is 18.2 Å². The Morgan fingerprint density at radius 1 is 0.963 bits per heavy atom. The zero-order valence-electron chi connectivity index (χ0n) is 14.5. The molecule has 0 unspecified atom stereocenters. The van der Waals surface area contributed by atoms with Gasteiger partial charge in [-0.25, -0.2) is 4.79 Å². The zero-order valence-corrected chi connectivity index (χ0v) is 14.5. The normalized spacial score (nSPS) is 10.9. The Balaban J connectivity index is 1.69. The number of nitrogens with zero attached hydrogens (tertiary/aromatic N) is 1. The van der Waals surface area contributed by atoms with Gasteiger partial charge in [0.05, 0.1) is 17.2 Å². The fourth-order valence-corrected chi connectivity index (χ4v) is 2.59. The first-order valence-corrected chi connectivity index (χ1v) is 8.38. The molecule has 0 amide bonds. The quantitative estimate of drug-likeness (QED) is 0.497. The number of carboxylic acid groups (broad SMARTS) is 1. The zero-order chi connectivity index (χ0) is 19.1. The van der Waals surface area contributed by atoms with E-state index in [1.165, 1.54) is 0 Å². The van der Waals surface area contributed by atoms with E-state index in [0.29, 0.717) is 11.3 Å². The predicted octanol–water partition coefficient (Wildman–Crippen LogP) is 5.03. The van der Waals surface area contributed by atoms with Crippen LogP contribution in [0.25, 0.3) is 11.6 Å². The van der Waals surface area contributed by atoms with Crippen molar-refractivity contribution in [2.75, 3.05) is 0 Å². The Kier molecular flexibility index (Phi) is 5.66. The Morgan fingerprint density at radius 2 is 1.67 bits per heavy atom. The summed E-state index contributed by atoms with van der Waals surface area (Å²) in [6, 6.07) is 25.8. The van der Waals surface area contributed by atoms with E-state index in [9.17, 15) is 10.1 Å². The van der Waals surface area contributed by atoms with Gasteiger partial charge < -0.3 is 9.84 Å². The Hall–Kier alpha value is -3.84. The fraction of sp³-hybridized carbons (Fsp3) is 0.0435. The van der Waals surface area contributed by atoms with Gasteiger partial charge in [-0.15, -0.1) is 0 Å². The molecule has 4 nitrogen and oxygen atoms in total. The SMILES string of the molecule is N#C/C(=C/c1ccc(OCc2cccc(C(=O)O)c2)cc1)c1ccccc1. The van der Waals surface area contributed by atoms with Gasteiger partial charge in [-0.2, -0.15) is 5.26 Å². The number of carboxylic acids is 1. The van der Waals surface area contributed by atoms with E-state index in [4.69, 9.17) is 9.84 Å². The highest BCUT2D eigenvalue weighted by atomic mass is 16.5. The van der Waals surface area contributed by atoms with Gasteiger partial charge in [0, 0.05) is 0 Å². The highest BCUT2D eigenvalue weighted by Gasteiger charge is 2.04. The third-order valence-corrected chi connectivity index (χ3v) is 3.98. The molecule has 0 aromatic heterocycles. The number of hydrogen-bond acceptors (Lipinski definition) is 3. The predicted molar refractivity (Wildman–Crippen MR) is 104 cm³/mol. The molecule has 0 aliphatic rings. The minimum Gasteiger partial charge on any atom is -0.489 e. The summed E-state index contributed by atoms with van der Waals surface area (Å²) < 4.78 is 5.72. The lowest BCUT2D eigenvalue weighted by molar-refractivity contribution is 0.0696. The van der Waals surface area contributed by atoms with Crippen molar-refractivity contribution >= 4 is 17.6 Å². The minimum atomic E-state index is -0.959. The summed E-state index contributed by atoms with van der Waals surface area (Å²) in [6.45, 7) is 0.282. The second-order valence-electron chi connectivity index (χ2n) is 5.90. The molecule has 4 heteroatoms. The van der Waals surface area contributed by atoms with Gasteiger partial charge in [-0.05, 0) is 47.0 Å². The lowest BCUT2D eigenvalue weighted by atomic mass is 10.0. The van der Waals surface area contributed by atoms with Crippen molar-refractivity contribution in [2.24, 2.45) is 0 Å². The molecule has 3 aromatic rings. The van der Waals surface area contributed by atoms with Crippen molar-refractivity contribution in [3.63, 3.8) is 0 Å². The number of ether oxygens (including phenoxy) is 1. The molecule has 0 spiro atoms. The van der Waals surface area contributed by atoms with Crippen LogP contribution in [-0.2, 0) is 6.61 Å². The van der Waals surface area contributed by atoms with Gasteiger partial charge in [-0.3, -0.25) is 0 Å². The third-order valence-electron chi connectivity index (χ3n) is 3.98. The molecule has 3 rings (SSSR count). The van der Waals surface area contributed by atoms with E-state index in [2.05, 4.69) is 6.07 Å². The van der Waals surface area contributed by atoms with Gasteiger partial charge >= 0.3 is 5.97 Å². The average molecular weight is 355 g/mol. The maximum atomic E-state index is 11.0. The molecule has 0 atom stereocenters. The Bertz CT molecular complexity index is 1000. The van der Waals surface area contributed by atoms with Crippen molar-refractivity contribution in [1.29, 1.82) is 5.26 Å². The summed E-state index contributed by atoms with van der Waals surface area (Å²) >= 11 is 0. The number of benzene rings is 3. The molecular weight excluding hydrogens is 338 g/mol. The summed E-state index contributed by atoms with van der Waals surface area (Å²) in [7, 11) is 0. The van der Waals surface area contributed by atoms with Gasteiger partial charge in [0.2, 0.25) is 0 Å². The number of carbonyl (C=O) groups is 1. The molecule has 1 N–H and O–H groups in total. The van der Waals surface area contributed by atoms with Gasteiger partial charge in [0.1, 0.15) is 12.4 Å². The number of rotatable bonds is 6. The van der Waals surface area contributed by atoms with Crippen LogP contribution in [0.4, 0.5) is 0 Å². The van der Waals surface area contributed by atoms with Crippen LogP contribution < -0.4 is 4.74 Å². The fourth-order valence-electron chi connectivity index (χ4n) is 2.59. The topological polar surface area (TPSA) is 70.3 Å². The average Bonchev–Trinajstić information content (AvgIpc) is 2.72. The molecule has 0 heterocycles. The molecule has 3 aromatic carbocycles. The van der Waals surface area contributed by atoms with Crippen molar-refractivity contribution < 1.29 is 14.6 Å². The molecule has 0 fully saturated rings. The molecule has 0 radical (unpaired) electrons. The van der Waals surface area contributed by atoms with Crippen LogP contribution in [0.2, 0.25) is 0 Å². The van der Waals surface area contributed by atoms with Crippen LogP contribution in [0.15, 0.2) is 78.9 Å². The maximum absolute atomic E-state index is 11.0. The summed E-state index contributed by atoms with van der Waals surface area (Å²) in [5.74, 6) is -0.286. The second-order valence-corrected chi connectivity index (χ2v) is 5.90. The van der Waals surface area contributed by atoms with Crippen molar-refractivity contribution in [3.05, 3.63) is 101 Å². The van der Waals surface area contributed by atoms with Crippen LogP contribution in [0.3, 0.4) is 0 Å². The maximum Gasteiger partial charge on any atom is 0.335 e. The summed E-state index contributed by atoms with van der Waals surface area (Å²) in [5.41, 5.74) is 3.39. The van der Waals surface area contributed by atoms with Gasteiger partial charge in [-0.1, -0.05) is 54.6 Å². The molecule has 0 bridgehead atoms. The number of aromatic carboxylic acids is 1. The van der Waals surface area contributed by atoms with Crippen LogP contribution in [-0.4, -0.2) is 11.1 Å². The largest absolute Gasteiger partial charge is 0.489 e. The Morgan fingerprint density at radius 3 is 2.33 bits per heavy atom. The minimum absolute atomic E-state index is 0.238. The van der Waals surface area contributed by atoms with Crippen LogP contribution in [0.5, 0.6) is 5.75 Å². The van der Waals surface area contributed by atoms with Crippen molar-refractivity contribution in [1.82, 2.24) is 0 Å². The number of allylic oxidation sites excluding steroid dienone is 1. The summed E-state index contributed by atoms with van der Waals surface area (Å²) in [6.07, 6.45) is 1.83. The van der Waals surface area contributed by atoms with Gasteiger partial charge in [0.25, 0.3) is 0 Å². The highest BCUT2D eigenvalue weighted by molar-refractivity contribution is 5.89. The first-order valence-electron chi connectivity index (χ1n) is 8.38. The number of nitriles is 1. The molecule has 0 aliphatic carbocycles. The van der Waals surface area contributed by atoms with E-state index in [0.717, 1.165) is 16.7 Å².